The van der Waals surface area contributed by atoms with E-state index in [1.54, 1.807) is 23.5 Å². The first-order valence-electron chi connectivity index (χ1n) is 14.4. The van der Waals surface area contributed by atoms with E-state index in [1.807, 2.05) is 42.6 Å². The average molecular weight is 585 g/mol. The maximum atomic E-state index is 11.4. The number of aromatic nitrogens is 1. The molecule has 0 N–H and O–H groups in total. The highest BCUT2D eigenvalue weighted by Gasteiger charge is 2.32. The summed E-state index contributed by atoms with van der Waals surface area (Å²) in [6, 6.07) is 31.4. The Morgan fingerprint density at radius 3 is 2.26 bits per heavy atom. The van der Waals surface area contributed by atoms with Crippen LogP contribution >= 0.6 is 11.3 Å². The maximum absolute atomic E-state index is 11.4. The highest BCUT2D eigenvalue weighted by Crippen LogP contribution is 2.45. The van der Waals surface area contributed by atoms with E-state index in [2.05, 4.69) is 61.7 Å². The monoisotopic (exact) mass is 584 g/mol. The number of non-ortho nitro benzene ring substituents is 1. The van der Waals surface area contributed by atoms with Crippen LogP contribution in [0.5, 0.6) is 0 Å². The first-order chi connectivity index (χ1) is 20.7. The molecule has 6 nitrogen and oxygen atoms in total. The quantitative estimate of drug-likeness (QED) is 0.113. The minimum atomic E-state index is -0.384. The van der Waals surface area contributed by atoms with Crippen LogP contribution in [0.3, 0.4) is 0 Å². The topological polar surface area (TPSA) is 84.2 Å². The molecule has 1 aliphatic rings. The number of nitriles is 1. The van der Waals surface area contributed by atoms with E-state index in [9.17, 15) is 15.4 Å². The van der Waals surface area contributed by atoms with Gasteiger partial charge in [-0.25, -0.2) is 4.99 Å². The Bertz CT molecular complexity index is 1860. The third-order valence-electron chi connectivity index (χ3n) is 8.37. The smallest absolute Gasteiger partial charge is 0.269 e. The van der Waals surface area contributed by atoms with Crippen LogP contribution in [0.15, 0.2) is 96.0 Å². The zero-order valence-corrected chi connectivity index (χ0v) is 25.3. The standard InChI is InChI=1S/C36H32N4O2S/c1-36(2,3)27-14-19-30-31(22-37)35(43-33(30)21-27)38-23-26-20-32(24-10-6-4-7-11-24)39(34(26)25-12-8-5-9-13-25)28-15-17-29(18-16-28)40(41)42/h4-13,15-18,20,23,27H,14,19,21H2,1-3H3/t27-/m0/s1. The summed E-state index contributed by atoms with van der Waals surface area (Å²) in [7, 11) is 0. The lowest BCUT2D eigenvalue weighted by atomic mass is 9.72. The van der Waals surface area contributed by atoms with Gasteiger partial charge in [0.2, 0.25) is 0 Å². The van der Waals surface area contributed by atoms with Gasteiger partial charge in [-0.15, -0.1) is 11.3 Å². The van der Waals surface area contributed by atoms with Crippen molar-refractivity contribution in [2.45, 2.75) is 40.0 Å². The first kappa shape index (κ1) is 28.3. The molecule has 3 aromatic carbocycles. The van der Waals surface area contributed by atoms with Gasteiger partial charge in [0.05, 0.1) is 21.9 Å². The lowest BCUT2D eigenvalue weighted by molar-refractivity contribution is -0.384. The second-order valence-electron chi connectivity index (χ2n) is 12.0. The first-order valence-corrected chi connectivity index (χ1v) is 15.3. The van der Waals surface area contributed by atoms with Gasteiger partial charge in [-0.05, 0) is 65.5 Å². The molecule has 6 rings (SSSR count). The molecule has 0 saturated carbocycles. The molecule has 214 valence electrons. The van der Waals surface area contributed by atoms with Gasteiger partial charge in [0.1, 0.15) is 11.1 Å². The summed E-state index contributed by atoms with van der Waals surface area (Å²) in [4.78, 5) is 17.3. The Balaban J connectivity index is 1.52. The number of hydrogen-bond donors (Lipinski definition) is 0. The lowest BCUT2D eigenvalue weighted by Gasteiger charge is -2.33. The molecule has 2 aromatic heterocycles. The van der Waals surface area contributed by atoms with E-state index in [4.69, 9.17) is 4.99 Å². The molecule has 0 aliphatic heterocycles. The predicted octanol–water partition coefficient (Wildman–Crippen LogP) is 9.55. The fourth-order valence-corrected chi connectivity index (χ4v) is 7.20. The summed E-state index contributed by atoms with van der Waals surface area (Å²) < 4.78 is 2.13. The minimum absolute atomic E-state index is 0.0413. The molecule has 0 saturated heterocycles. The lowest BCUT2D eigenvalue weighted by Crippen LogP contribution is -2.26. The summed E-state index contributed by atoms with van der Waals surface area (Å²) in [6.07, 6.45) is 4.85. The normalized spacial score (nSPS) is 14.9. The van der Waals surface area contributed by atoms with Crippen LogP contribution in [0, 0.1) is 32.8 Å². The van der Waals surface area contributed by atoms with Gasteiger partial charge < -0.3 is 4.57 Å². The molecule has 0 fully saturated rings. The molecule has 2 heterocycles. The number of thiophene rings is 1. The molecule has 1 atom stereocenters. The molecule has 5 aromatic rings. The number of hydrogen-bond acceptors (Lipinski definition) is 5. The molecule has 0 unspecified atom stereocenters. The zero-order valence-electron chi connectivity index (χ0n) is 24.4. The number of aliphatic imine (C=N–C) groups is 1. The van der Waals surface area contributed by atoms with E-state index < -0.39 is 0 Å². The summed E-state index contributed by atoms with van der Waals surface area (Å²) in [5, 5.41) is 22.3. The molecule has 0 radical (unpaired) electrons. The second kappa shape index (κ2) is 11.5. The number of nitro benzene ring substituents is 1. The van der Waals surface area contributed by atoms with Gasteiger partial charge >= 0.3 is 0 Å². The van der Waals surface area contributed by atoms with Crippen LogP contribution in [0.1, 0.15) is 48.8 Å². The number of fused-ring (bicyclic) bond motifs is 1. The zero-order chi connectivity index (χ0) is 30.1. The number of benzene rings is 3. The molecule has 7 heteroatoms. The molecule has 0 bridgehead atoms. The van der Waals surface area contributed by atoms with Gasteiger partial charge in [-0.1, -0.05) is 81.4 Å². The predicted molar refractivity (Wildman–Crippen MR) is 175 cm³/mol. The van der Waals surface area contributed by atoms with Crippen molar-refractivity contribution in [1.29, 1.82) is 5.26 Å². The Morgan fingerprint density at radius 2 is 1.65 bits per heavy atom. The Kier molecular flexibility index (Phi) is 7.55. The van der Waals surface area contributed by atoms with Crippen LogP contribution in [0.2, 0.25) is 0 Å². The van der Waals surface area contributed by atoms with Gasteiger partial charge in [-0.2, -0.15) is 5.26 Å². The van der Waals surface area contributed by atoms with E-state index in [1.165, 1.54) is 17.0 Å². The number of rotatable bonds is 6. The molecule has 1 aliphatic carbocycles. The van der Waals surface area contributed by atoms with Crippen LogP contribution in [0.4, 0.5) is 10.7 Å². The van der Waals surface area contributed by atoms with Crippen molar-refractivity contribution >= 4 is 28.2 Å². The average Bonchev–Trinajstić information content (AvgIpc) is 3.58. The maximum Gasteiger partial charge on any atom is 0.269 e. The SMILES string of the molecule is CC(C)(C)[C@H]1CCc2c(sc(N=Cc3cc(-c4ccccc4)n(-c4ccc([N+](=O)[O-])cc4)c3-c3ccccc3)c2C#N)C1. The fourth-order valence-electron chi connectivity index (χ4n) is 5.98. The van der Waals surface area contributed by atoms with Crippen molar-refractivity contribution in [3.05, 3.63) is 123 Å². The summed E-state index contributed by atoms with van der Waals surface area (Å²) >= 11 is 1.64. The third kappa shape index (κ3) is 5.54. The summed E-state index contributed by atoms with van der Waals surface area (Å²) in [6.45, 7) is 6.89. The molecule has 43 heavy (non-hydrogen) atoms. The van der Waals surface area contributed by atoms with Gasteiger partial charge in [0.15, 0.2) is 0 Å². The van der Waals surface area contributed by atoms with E-state index in [0.29, 0.717) is 11.5 Å². The number of nitro groups is 1. The van der Waals surface area contributed by atoms with Crippen LogP contribution in [0.25, 0.3) is 28.2 Å². The van der Waals surface area contributed by atoms with E-state index in [0.717, 1.165) is 63.6 Å². The minimum Gasteiger partial charge on any atom is -0.309 e. The Hall–Kier alpha value is -4.80. The van der Waals surface area contributed by atoms with Gasteiger partial charge in [-0.3, -0.25) is 10.1 Å². The van der Waals surface area contributed by atoms with Crippen molar-refractivity contribution in [2.24, 2.45) is 16.3 Å². The van der Waals surface area contributed by atoms with E-state index in [-0.39, 0.29) is 16.0 Å². The van der Waals surface area contributed by atoms with Crippen LogP contribution in [-0.4, -0.2) is 15.7 Å². The van der Waals surface area contributed by atoms with Crippen LogP contribution < -0.4 is 0 Å². The van der Waals surface area contributed by atoms with Crippen molar-refractivity contribution in [3.63, 3.8) is 0 Å². The summed E-state index contributed by atoms with van der Waals surface area (Å²) in [5.74, 6) is 0.580. The third-order valence-corrected chi connectivity index (χ3v) is 9.53. The Morgan fingerprint density at radius 1 is 1.00 bits per heavy atom. The fraction of sp³-hybridized carbons (Fsp3) is 0.222. The van der Waals surface area contributed by atoms with Gasteiger partial charge in [0.25, 0.3) is 5.69 Å². The van der Waals surface area contributed by atoms with Crippen LogP contribution in [-0.2, 0) is 12.8 Å². The largest absolute Gasteiger partial charge is 0.309 e. The van der Waals surface area contributed by atoms with Gasteiger partial charge in [0, 0.05) is 34.5 Å². The van der Waals surface area contributed by atoms with Crippen molar-refractivity contribution in [2.75, 3.05) is 0 Å². The molecule has 0 amide bonds. The molecular weight excluding hydrogens is 552 g/mol. The van der Waals surface area contributed by atoms with Crippen molar-refractivity contribution < 1.29 is 4.92 Å². The highest BCUT2D eigenvalue weighted by atomic mass is 32.1. The van der Waals surface area contributed by atoms with E-state index >= 15 is 0 Å². The summed E-state index contributed by atoms with van der Waals surface area (Å²) in [5.41, 5.74) is 7.68. The van der Waals surface area contributed by atoms with Crippen molar-refractivity contribution in [3.8, 4) is 34.3 Å². The second-order valence-corrected chi connectivity index (χ2v) is 13.1. The Labute approximate surface area is 255 Å². The van der Waals surface area contributed by atoms with Crippen molar-refractivity contribution in [1.82, 2.24) is 4.57 Å². The highest BCUT2D eigenvalue weighted by molar-refractivity contribution is 7.16. The molecular formula is C36H32N4O2S. The molecule has 0 spiro atoms. The number of nitrogens with zero attached hydrogens (tertiary/aromatic N) is 4.